The molecule has 35 heavy (non-hydrogen) atoms. The molecule has 0 fully saturated rings. The van der Waals surface area contributed by atoms with Crippen molar-refractivity contribution in [1.82, 2.24) is 9.97 Å². The maximum absolute atomic E-state index is 13.4. The molecule has 3 aromatic rings. The number of nitrogens with zero attached hydrogens (tertiary/aromatic N) is 4. The van der Waals surface area contributed by atoms with Gasteiger partial charge in [-0.25, -0.2) is 22.8 Å². The number of ether oxygens (including phenoxy) is 1. The van der Waals surface area contributed by atoms with E-state index in [0.29, 0.717) is 30.8 Å². The molecule has 0 unspecified atom stereocenters. The second kappa shape index (κ2) is 8.60. The van der Waals surface area contributed by atoms with Crippen molar-refractivity contribution in [3.05, 3.63) is 59.7 Å². The molecule has 0 N–H and O–H groups in total. The van der Waals surface area contributed by atoms with E-state index in [1.807, 2.05) is 31.2 Å². The van der Waals surface area contributed by atoms with Crippen molar-refractivity contribution in [2.45, 2.75) is 39.2 Å². The molecule has 10 heteroatoms. The Balaban J connectivity index is 1.65. The first kappa shape index (κ1) is 23.2. The average molecular weight is 497 g/mol. The SMILES string of the molecule is CC(=O)N1c2ccc(-c3ccc4c(c3)CCN4S(C)(=O)=O)c(Oc3ncc(F)cn3)c2CC[C@@H]1C. The third kappa shape index (κ3) is 4.22. The minimum Gasteiger partial charge on any atom is -0.423 e. The Labute approximate surface area is 203 Å². The molecular weight excluding hydrogens is 471 g/mol. The highest BCUT2D eigenvalue weighted by Gasteiger charge is 2.31. The lowest BCUT2D eigenvalue weighted by Gasteiger charge is -2.35. The first-order chi connectivity index (χ1) is 16.6. The Bertz CT molecular complexity index is 1430. The maximum Gasteiger partial charge on any atom is 0.322 e. The molecule has 0 bridgehead atoms. The van der Waals surface area contributed by atoms with E-state index in [9.17, 15) is 17.6 Å². The fraction of sp³-hybridized carbons (Fsp3) is 0.320. The number of benzene rings is 2. The van der Waals surface area contributed by atoms with Gasteiger partial charge in [-0.2, -0.15) is 0 Å². The van der Waals surface area contributed by atoms with Gasteiger partial charge in [-0.1, -0.05) is 6.07 Å². The number of fused-ring (bicyclic) bond motifs is 2. The lowest BCUT2D eigenvalue weighted by atomic mass is 9.91. The number of rotatable bonds is 4. The van der Waals surface area contributed by atoms with Crippen molar-refractivity contribution >= 4 is 27.3 Å². The van der Waals surface area contributed by atoms with Gasteiger partial charge in [0, 0.05) is 30.6 Å². The number of aromatic nitrogens is 2. The molecule has 1 aromatic heterocycles. The third-order valence-corrected chi connectivity index (χ3v) is 7.70. The number of amides is 1. The van der Waals surface area contributed by atoms with E-state index in [2.05, 4.69) is 9.97 Å². The molecule has 3 heterocycles. The van der Waals surface area contributed by atoms with Gasteiger partial charge in [0.15, 0.2) is 5.82 Å². The largest absolute Gasteiger partial charge is 0.423 e. The van der Waals surface area contributed by atoms with Gasteiger partial charge in [0.2, 0.25) is 15.9 Å². The van der Waals surface area contributed by atoms with Crippen molar-refractivity contribution < 1.29 is 22.3 Å². The van der Waals surface area contributed by atoms with Crippen LogP contribution in [0.1, 0.15) is 31.4 Å². The number of carbonyl (C=O) groups is 1. The van der Waals surface area contributed by atoms with Crippen molar-refractivity contribution in [3.8, 4) is 22.9 Å². The number of carbonyl (C=O) groups excluding carboxylic acids is 1. The average Bonchev–Trinajstić information content (AvgIpc) is 3.24. The zero-order chi connectivity index (χ0) is 24.9. The summed E-state index contributed by atoms with van der Waals surface area (Å²) < 4.78 is 45.2. The number of hydrogen-bond acceptors (Lipinski definition) is 6. The van der Waals surface area contributed by atoms with Crippen LogP contribution in [0.2, 0.25) is 0 Å². The van der Waals surface area contributed by atoms with Crippen LogP contribution in [0.3, 0.4) is 0 Å². The van der Waals surface area contributed by atoms with Crippen LogP contribution < -0.4 is 13.9 Å². The molecule has 0 saturated carbocycles. The van der Waals surface area contributed by atoms with E-state index >= 15 is 0 Å². The summed E-state index contributed by atoms with van der Waals surface area (Å²) in [6, 6.07) is 9.47. The van der Waals surface area contributed by atoms with Gasteiger partial charge < -0.3 is 9.64 Å². The predicted molar refractivity (Wildman–Crippen MR) is 131 cm³/mol. The zero-order valence-corrected chi connectivity index (χ0v) is 20.5. The summed E-state index contributed by atoms with van der Waals surface area (Å²) in [4.78, 5) is 22.1. The van der Waals surface area contributed by atoms with Crippen LogP contribution in [-0.2, 0) is 27.7 Å². The topological polar surface area (TPSA) is 92.7 Å². The molecule has 182 valence electrons. The molecule has 5 rings (SSSR count). The minimum atomic E-state index is -3.35. The molecule has 1 atom stereocenters. The Morgan fingerprint density at radius 1 is 1.11 bits per heavy atom. The van der Waals surface area contributed by atoms with Crippen LogP contribution in [0.25, 0.3) is 11.1 Å². The summed E-state index contributed by atoms with van der Waals surface area (Å²) in [5, 5.41) is 0. The van der Waals surface area contributed by atoms with Gasteiger partial charge in [-0.15, -0.1) is 0 Å². The normalized spacial score (nSPS) is 17.2. The van der Waals surface area contributed by atoms with Crippen molar-refractivity contribution in [2.75, 3.05) is 22.0 Å². The van der Waals surface area contributed by atoms with Gasteiger partial charge in [-0.05, 0) is 61.6 Å². The monoisotopic (exact) mass is 496 g/mol. The minimum absolute atomic E-state index is 0.00143. The van der Waals surface area contributed by atoms with Crippen LogP contribution in [0.15, 0.2) is 42.7 Å². The molecule has 0 aliphatic carbocycles. The molecule has 0 saturated heterocycles. The molecule has 2 aromatic carbocycles. The smallest absolute Gasteiger partial charge is 0.322 e. The van der Waals surface area contributed by atoms with Crippen LogP contribution in [-0.4, -0.2) is 43.1 Å². The van der Waals surface area contributed by atoms with Crippen molar-refractivity contribution in [2.24, 2.45) is 0 Å². The molecule has 2 aliphatic rings. The molecular formula is C25H25FN4O4S. The van der Waals surface area contributed by atoms with Gasteiger partial charge in [0.25, 0.3) is 0 Å². The summed E-state index contributed by atoms with van der Waals surface area (Å²) >= 11 is 0. The second-order valence-electron chi connectivity index (χ2n) is 8.93. The Morgan fingerprint density at radius 2 is 1.83 bits per heavy atom. The molecule has 8 nitrogen and oxygen atoms in total. The quantitative estimate of drug-likeness (QED) is 0.540. The molecule has 0 radical (unpaired) electrons. The maximum atomic E-state index is 13.4. The predicted octanol–water partition coefficient (Wildman–Crippen LogP) is 4.08. The lowest BCUT2D eigenvalue weighted by molar-refractivity contribution is -0.117. The highest BCUT2D eigenvalue weighted by atomic mass is 32.2. The first-order valence-corrected chi connectivity index (χ1v) is 13.2. The number of sulfonamides is 1. The van der Waals surface area contributed by atoms with Crippen LogP contribution in [0.4, 0.5) is 15.8 Å². The molecule has 2 aliphatic heterocycles. The van der Waals surface area contributed by atoms with Gasteiger partial charge in [0.1, 0.15) is 5.75 Å². The van der Waals surface area contributed by atoms with Crippen LogP contribution in [0.5, 0.6) is 11.8 Å². The zero-order valence-electron chi connectivity index (χ0n) is 19.7. The Kier molecular flexibility index (Phi) is 5.71. The summed E-state index contributed by atoms with van der Waals surface area (Å²) in [6.07, 6.45) is 5.32. The number of halogens is 1. The van der Waals surface area contributed by atoms with E-state index < -0.39 is 15.8 Å². The summed E-state index contributed by atoms with van der Waals surface area (Å²) in [6.45, 7) is 3.95. The fourth-order valence-electron chi connectivity index (χ4n) is 4.96. The first-order valence-electron chi connectivity index (χ1n) is 11.4. The number of hydrogen-bond donors (Lipinski definition) is 0. The second-order valence-corrected chi connectivity index (χ2v) is 10.8. The Morgan fingerprint density at radius 3 is 2.51 bits per heavy atom. The highest BCUT2D eigenvalue weighted by molar-refractivity contribution is 7.92. The van der Waals surface area contributed by atoms with Gasteiger partial charge >= 0.3 is 6.01 Å². The van der Waals surface area contributed by atoms with Gasteiger partial charge in [-0.3, -0.25) is 9.10 Å². The third-order valence-electron chi connectivity index (χ3n) is 6.52. The van der Waals surface area contributed by atoms with Crippen LogP contribution >= 0.6 is 0 Å². The van der Waals surface area contributed by atoms with E-state index in [4.69, 9.17) is 4.74 Å². The molecule has 1 amide bonds. The van der Waals surface area contributed by atoms with Crippen molar-refractivity contribution in [1.29, 1.82) is 0 Å². The van der Waals surface area contributed by atoms with Crippen molar-refractivity contribution in [3.63, 3.8) is 0 Å². The molecule has 0 spiro atoms. The fourth-order valence-corrected chi connectivity index (χ4v) is 5.91. The standard InChI is InChI=1S/C25H25FN4O4S/c1-15-4-6-21-23(30(15)16(2)31)9-7-20(24(21)34-25-27-13-19(26)14-28-25)17-5-8-22-18(12-17)10-11-29(22)35(3,32)33/h5,7-9,12-15H,4,6,10-11H2,1-3H3/t15-/m0/s1. The Hall–Kier alpha value is -3.53. The van der Waals surface area contributed by atoms with E-state index in [1.165, 1.54) is 17.5 Å². The van der Waals surface area contributed by atoms with E-state index in [1.54, 1.807) is 11.0 Å². The highest BCUT2D eigenvalue weighted by Crippen LogP contribution is 2.45. The summed E-state index contributed by atoms with van der Waals surface area (Å²) in [7, 11) is -3.35. The summed E-state index contributed by atoms with van der Waals surface area (Å²) in [5.41, 5.74) is 4.81. The number of anilines is 2. The van der Waals surface area contributed by atoms with Crippen LogP contribution in [0, 0.1) is 5.82 Å². The van der Waals surface area contributed by atoms with Gasteiger partial charge in [0.05, 0.1) is 30.0 Å². The summed E-state index contributed by atoms with van der Waals surface area (Å²) in [5.74, 6) is -0.128. The van der Waals surface area contributed by atoms with E-state index in [-0.39, 0.29) is 18.0 Å². The van der Waals surface area contributed by atoms with E-state index in [0.717, 1.165) is 46.8 Å². The lowest BCUT2D eigenvalue weighted by Crippen LogP contribution is -2.40.